The normalized spacial score (nSPS) is 18.3. The average Bonchev–Trinajstić information content (AvgIpc) is 3.23. The minimum absolute atomic E-state index is 0.216. The third kappa shape index (κ3) is 3.47. The molecule has 8 heteroatoms. The van der Waals surface area contributed by atoms with E-state index in [4.69, 9.17) is 14.0 Å². The zero-order chi connectivity index (χ0) is 18.8. The topological polar surface area (TPSA) is 93.9 Å². The maximum absolute atomic E-state index is 12.3. The Kier molecular flexibility index (Phi) is 4.70. The van der Waals surface area contributed by atoms with E-state index in [-0.39, 0.29) is 6.54 Å². The Hall–Kier alpha value is -3.03. The van der Waals surface area contributed by atoms with Crippen LogP contribution >= 0.6 is 0 Å². The summed E-state index contributed by atoms with van der Waals surface area (Å²) in [4.78, 5) is 25.3. The number of hydrogen-bond donors (Lipinski definition) is 1. The first-order valence-corrected chi connectivity index (χ1v) is 9.11. The molecule has 27 heavy (non-hydrogen) atoms. The molecule has 0 spiro atoms. The number of alkyl carbamates (subject to hydrolysis) is 1. The van der Waals surface area contributed by atoms with Crippen molar-refractivity contribution in [3.05, 3.63) is 35.5 Å². The predicted octanol–water partition coefficient (Wildman–Crippen LogP) is 2.90. The molecule has 1 aromatic carbocycles. The number of benzene rings is 1. The van der Waals surface area contributed by atoms with Gasteiger partial charge in [0.2, 0.25) is 0 Å². The van der Waals surface area contributed by atoms with E-state index in [1.54, 1.807) is 18.0 Å². The van der Waals surface area contributed by atoms with E-state index in [1.807, 2.05) is 18.2 Å². The molecular formula is C19H21N3O5. The summed E-state index contributed by atoms with van der Waals surface area (Å²) in [6, 6.07) is 5.87. The summed E-state index contributed by atoms with van der Waals surface area (Å²) in [5.41, 5.74) is 4.05. The largest absolute Gasteiger partial charge is 0.450 e. The van der Waals surface area contributed by atoms with Gasteiger partial charge in [-0.25, -0.2) is 9.59 Å². The molecule has 2 aromatic rings. The van der Waals surface area contributed by atoms with E-state index >= 15 is 0 Å². The number of ether oxygens (including phenoxy) is 2. The van der Waals surface area contributed by atoms with E-state index in [0.717, 1.165) is 47.4 Å². The molecule has 142 valence electrons. The summed E-state index contributed by atoms with van der Waals surface area (Å²) in [7, 11) is 0. The van der Waals surface area contributed by atoms with Gasteiger partial charge in [-0.05, 0) is 49.9 Å². The lowest BCUT2D eigenvalue weighted by atomic mass is 10.0. The Labute approximate surface area is 156 Å². The highest BCUT2D eigenvalue weighted by Crippen LogP contribution is 2.35. The lowest BCUT2D eigenvalue weighted by Crippen LogP contribution is -2.35. The van der Waals surface area contributed by atoms with E-state index in [1.165, 1.54) is 0 Å². The maximum atomic E-state index is 12.3. The smallest absolute Gasteiger partial charge is 0.414 e. The second kappa shape index (κ2) is 7.30. The Balaban J connectivity index is 1.49. The monoisotopic (exact) mass is 371 g/mol. The summed E-state index contributed by atoms with van der Waals surface area (Å²) in [5.74, 6) is 0.814. The number of nitrogens with one attached hydrogen (secondary N) is 1. The van der Waals surface area contributed by atoms with Crippen LogP contribution < -0.4 is 10.2 Å². The van der Waals surface area contributed by atoms with Crippen molar-refractivity contribution in [2.24, 2.45) is 0 Å². The van der Waals surface area contributed by atoms with Gasteiger partial charge in [-0.3, -0.25) is 4.90 Å². The van der Waals surface area contributed by atoms with Gasteiger partial charge in [0.1, 0.15) is 6.10 Å². The van der Waals surface area contributed by atoms with Gasteiger partial charge in [0.15, 0.2) is 5.76 Å². The van der Waals surface area contributed by atoms with Crippen LogP contribution in [0.1, 0.15) is 24.5 Å². The van der Waals surface area contributed by atoms with Crippen molar-refractivity contribution in [2.45, 2.75) is 32.3 Å². The molecule has 2 aliphatic rings. The van der Waals surface area contributed by atoms with Crippen LogP contribution in [0, 0.1) is 0 Å². The molecule has 1 saturated heterocycles. The van der Waals surface area contributed by atoms with Gasteiger partial charge >= 0.3 is 12.2 Å². The van der Waals surface area contributed by atoms with Crippen molar-refractivity contribution in [1.82, 2.24) is 10.5 Å². The molecule has 2 heterocycles. The maximum Gasteiger partial charge on any atom is 0.414 e. The van der Waals surface area contributed by atoms with Crippen molar-refractivity contribution in [3.63, 3.8) is 0 Å². The molecule has 1 aliphatic heterocycles. The van der Waals surface area contributed by atoms with Crippen molar-refractivity contribution in [3.8, 4) is 11.3 Å². The number of anilines is 1. The Morgan fingerprint density at radius 1 is 1.37 bits per heavy atom. The highest BCUT2D eigenvalue weighted by atomic mass is 16.6. The van der Waals surface area contributed by atoms with E-state index in [0.29, 0.717) is 13.2 Å². The summed E-state index contributed by atoms with van der Waals surface area (Å²) in [5, 5.41) is 6.51. The number of cyclic esters (lactones) is 1. The van der Waals surface area contributed by atoms with Gasteiger partial charge in [0.25, 0.3) is 0 Å². The fraction of sp³-hybridized carbons (Fsp3) is 0.421. The standard InChI is InChI=1S/C19H21N3O5/c1-2-25-18(23)20-10-15-11-22(19(24)26-15)14-6-7-16-12(8-14)4-3-5-13-9-21-27-17(13)16/h6-9,15H,2-5,10-11H2,1H3,(H,20,23)/t15-/m0/s1. The first-order chi connectivity index (χ1) is 13.2. The Bertz CT molecular complexity index is 863. The van der Waals surface area contributed by atoms with Crippen molar-refractivity contribution >= 4 is 17.9 Å². The van der Waals surface area contributed by atoms with Gasteiger partial charge in [0, 0.05) is 16.8 Å². The lowest BCUT2D eigenvalue weighted by molar-refractivity contribution is 0.127. The zero-order valence-corrected chi connectivity index (χ0v) is 15.1. The van der Waals surface area contributed by atoms with E-state index in [2.05, 4.69) is 10.5 Å². The van der Waals surface area contributed by atoms with Crippen LogP contribution in [0.3, 0.4) is 0 Å². The second-order valence-corrected chi connectivity index (χ2v) is 6.59. The summed E-state index contributed by atoms with van der Waals surface area (Å²) >= 11 is 0. The quantitative estimate of drug-likeness (QED) is 0.888. The van der Waals surface area contributed by atoms with E-state index in [9.17, 15) is 9.59 Å². The highest BCUT2D eigenvalue weighted by Gasteiger charge is 2.33. The third-order valence-corrected chi connectivity index (χ3v) is 4.81. The van der Waals surface area contributed by atoms with Crippen LogP contribution in [0.4, 0.5) is 15.3 Å². The summed E-state index contributed by atoms with van der Waals surface area (Å²) in [6.45, 7) is 2.62. The van der Waals surface area contributed by atoms with Crippen LogP contribution in [0.25, 0.3) is 11.3 Å². The number of rotatable bonds is 4. The average molecular weight is 371 g/mol. The molecule has 1 fully saturated rings. The molecule has 4 rings (SSSR count). The molecule has 1 atom stereocenters. The van der Waals surface area contributed by atoms with Crippen molar-refractivity contribution in [2.75, 3.05) is 24.6 Å². The van der Waals surface area contributed by atoms with Crippen molar-refractivity contribution in [1.29, 1.82) is 0 Å². The van der Waals surface area contributed by atoms with Crippen LogP contribution in [0.5, 0.6) is 0 Å². The molecule has 1 N–H and O–H groups in total. The number of amides is 2. The summed E-state index contributed by atoms with van der Waals surface area (Å²) < 4.78 is 15.6. The van der Waals surface area contributed by atoms with Crippen LogP contribution in [0.15, 0.2) is 28.9 Å². The summed E-state index contributed by atoms with van der Waals surface area (Å²) in [6.07, 6.45) is 3.26. The SMILES string of the molecule is CCOC(=O)NC[C@H]1CN(c2ccc3c(c2)CCCc2cnoc2-3)C(=O)O1. The minimum Gasteiger partial charge on any atom is -0.450 e. The van der Waals surface area contributed by atoms with Gasteiger partial charge in [-0.2, -0.15) is 0 Å². The molecule has 0 bridgehead atoms. The zero-order valence-electron chi connectivity index (χ0n) is 15.1. The molecule has 0 saturated carbocycles. The first kappa shape index (κ1) is 17.4. The highest BCUT2D eigenvalue weighted by molar-refractivity contribution is 5.90. The molecule has 0 unspecified atom stereocenters. The second-order valence-electron chi connectivity index (χ2n) is 6.59. The van der Waals surface area contributed by atoms with Crippen molar-refractivity contribution < 1.29 is 23.6 Å². The molecule has 2 amide bonds. The van der Waals surface area contributed by atoms with Gasteiger partial charge < -0.3 is 19.3 Å². The number of nitrogens with zero attached hydrogens (tertiary/aromatic N) is 2. The fourth-order valence-corrected chi connectivity index (χ4v) is 3.52. The third-order valence-electron chi connectivity index (χ3n) is 4.81. The fourth-order valence-electron chi connectivity index (χ4n) is 3.52. The number of aromatic nitrogens is 1. The van der Waals surface area contributed by atoms with Gasteiger partial charge in [0.05, 0.1) is 25.9 Å². The Morgan fingerprint density at radius 2 is 2.22 bits per heavy atom. The Morgan fingerprint density at radius 3 is 3.07 bits per heavy atom. The van der Waals surface area contributed by atoms with Crippen LogP contribution in [0.2, 0.25) is 0 Å². The number of carbonyl (C=O) groups is 2. The molecule has 1 aromatic heterocycles. The number of aryl methyl sites for hydroxylation is 2. The van der Waals surface area contributed by atoms with Crippen LogP contribution in [-0.4, -0.2) is 43.1 Å². The van der Waals surface area contributed by atoms with Gasteiger partial charge in [-0.15, -0.1) is 0 Å². The molecule has 8 nitrogen and oxygen atoms in total. The number of fused-ring (bicyclic) bond motifs is 3. The van der Waals surface area contributed by atoms with Crippen LogP contribution in [-0.2, 0) is 22.3 Å². The van der Waals surface area contributed by atoms with E-state index < -0.39 is 18.3 Å². The first-order valence-electron chi connectivity index (χ1n) is 9.11. The number of carbonyl (C=O) groups excluding carboxylic acids is 2. The number of hydrogen-bond acceptors (Lipinski definition) is 6. The minimum atomic E-state index is -0.514. The molecular weight excluding hydrogens is 350 g/mol. The molecule has 1 aliphatic carbocycles. The molecule has 0 radical (unpaired) electrons. The predicted molar refractivity (Wildman–Crippen MR) is 96.6 cm³/mol. The lowest BCUT2D eigenvalue weighted by Gasteiger charge is -2.15. The van der Waals surface area contributed by atoms with Gasteiger partial charge in [-0.1, -0.05) is 5.16 Å².